The summed E-state index contributed by atoms with van der Waals surface area (Å²) in [5, 5.41) is 20.2. The number of hydrogen-bond acceptors (Lipinski definition) is 5. The van der Waals surface area contributed by atoms with Gasteiger partial charge in [0.15, 0.2) is 11.5 Å². The summed E-state index contributed by atoms with van der Waals surface area (Å²) in [5.41, 5.74) is 2.23. The zero-order valence-corrected chi connectivity index (χ0v) is 13.6. The van der Waals surface area contributed by atoms with Gasteiger partial charge in [-0.3, -0.25) is 9.20 Å². The molecule has 25 heavy (non-hydrogen) atoms. The van der Waals surface area contributed by atoms with E-state index in [-0.39, 0.29) is 17.4 Å². The summed E-state index contributed by atoms with van der Waals surface area (Å²) in [6.45, 7) is 3.25. The average Bonchev–Trinajstić information content (AvgIpc) is 2.93. The molecule has 3 aromatic rings. The van der Waals surface area contributed by atoms with Crippen LogP contribution >= 0.6 is 0 Å². The minimum Gasteiger partial charge on any atom is -0.476 e. The standard InChI is InChI=1S/C17H15N5O3/c1-10-5-4-8-22-15(10)19-14(17(24)25)16(22)21-20-13-7-3-6-12(9-13)18-11(2)23/h3-9H,1-2H3,(H,18,23)(H,24,25). The first-order valence-corrected chi connectivity index (χ1v) is 7.46. The van der Waals surface area contributed by atoms with E-state index in [4.69, 9.17) is 0 Å². The number of rotatable bonds is 4. The summed E-state index contributed by atoms with van der Waals surface area (Å²) in [6.07, 6.45) is 1.68. The van der Waals surface area contributed by atoms with Crippen LogP contribution in [0.2, 0.25) is 0 Å². The number of aromatic nitrogens is 2. The lowest BCUT2D eigenvalue weighted by atomic mass is 10.3. The Labute approximate surface area is 142 Å². The molecule has 0 radical (unpaired) electrons. The van der Waals surface area contributed by atoms with E-state index in [0.29, 0.717) is 17.0 Å². The maximum absolute atomic E-state index is 11.5. The quantitative estimate of drug-likeness (QED) is 0.707. The first-order chi connectivity index (χ1) is 12.0. The van der Waals surface area contributed by atoms with E-state index in [1.54, 1.807) is 40.9 Å². The Bertz CT molecular complexity index is 1010. The normalized spacial score (nSPS) is 11.1. The number of pyridine rings is 1. The minimum absolute atomic E-state index is 0.135. The Morgan fingerprint density at radius 1 is 1.20 bits per heavy atom. The number of benzene rings is 1. The third-order valence-corrected chi connectivity index (χ3v) is 3.45. The van der Waals surface area contributed by atoms with E-state index in [2.05, 4.69) is 20.5 Å². The van der Waals surface area contributed by atoms with Gasteiger partial charge in [0.05, 0.1) is 5.69 Å². The maximum Gasteiger partial charge on any atom is 0.358 e. The van der Waals surface area contributed by atoms with Gasteiger partial charge in [0.2, 0.25) is 5.91 Å². The van der Waals surface area contributed by atoms with Crippen molar-refractivity contribution in [2.24, 2.45) is 10.2 Å². The van der Waals surface area contributed by atoms with Gasteiger partial charge >= 0.3 is 5.97 Å². The van der Waals surface area contributed by atoms with Crippen LogP contribution in [0.5, 0.6) is 0 Å². The highest BCUT2D eigenvalue weighted by Crippen LogP contribution is 2.26. The van der Waals surface area contributed by atoms with Gasteiger partial charge in [-0.1, -0.05) is 12.1 Å². The fraction of sp³-hybridized carbons (Fsp3) is 0.118. The molecule has 126 valence electrons. The molecule has 0 bridgehead atoms. The Hall–Kier alpha value is -3.55. The Balaban J connectivity index is 2.04. The minimum atomic E-state index is -1.18. The van der Waals surface area contributed by atoms with E-state index in [1.165, 1.54) is 6.92 Å². The molecular weight excluding hydrogens is 322 g/mol. The lowest BCUT2D eigenvalue weighted by molar-refractivity contribution is -0.114. The Kier molecular flexibility index (Phi) is 4.25. The van der Waals surface area contributed by atoms with Gasteiger partial charge in [-0.2, -0.15) is 0 Å². The molecular formula is C17H15N5O3. The van der Waals surface area contributed by atoms with Crippen LogP contribution in [-0.2, 0) is 4.79 Å². The molecule has 2 aromatic heterocycles. The molecule has 2 heterocycles. The predicted molar refractivity (Wildman–Crippen MR) is 91.8 cm³/mol. The number of hydrogen-bond donors (Lipinski definition) is 2. The van der Waals surface area contributed by atoms with Gasteiger partial charge in [0.25, 0.3) is 0 Å². The number of aryl methyl sites for hydroxylation is 1. The third-order valence-electron chi connectivity index (χ3n) is 3.45. The summed E-state index contributed by atoms with van der Waals surface area (Å²) >= 11 is 0. The van der Waals surface area contributed by atoms with Crippen molar-refractivity contribution in [2.75, 3.05) is 5.32 Å². The molecule has 8 heteroatoms. The zero-order valence-electron chi connectivity index (χ0n) is 13.6. The van der Waals surface area contributed by atoms with Crippen LogP contribution in [0.1, 0.15) is 23.0 Å². The van der Waals surface area contributed by atoms with Crippen molar-refractivity contribution >= 4 is 34.7 Å². The van der Waals surface area contributed by atoms with Gasteiger partial charge in [-0.25, -0.2) is 9.78 Å². The summed E-state index contributed by atoms with van der Waals surface area (Å²) in [6, 6.07) is 10.4. The lowest BCUT2D eigenvalue weighted by Crippen LogP contribution is -2.05. The van der Waals surface area contributed by atoms with Crippen LogP contribution in [0.4, 0.5) is 17.2 Å². The summed E-state index contributed by atoms with van der Waals surface area (Å²) < 4.78 is 1.58. The smallest absolute Gasteiger partial charge is 0.358 e. The van der Waals surface area contributed by atoms with E-state index >= 15 is 0 Å². The number of nitrogens with zero attached hydrogens (tertiary/aromatic N) is 4. The topological polar surface area (TPSA) is 108 Å². The van der Waals surface area contributed by atoms with Crippen LogP contribution in [-0.4, -0.2) is 26.4 Å². The fourth-order valence-corrected chi connectivity index (χ4v) is 2.38. The van der Waals surface area contributed by atoms with Crippen molar-refractivity contribution in [1.29, 1.82) is 0 Å². The number of anilines is 1. The molecule has 0 unspecified atom stereocenters. The number of carbonyl (C=O) groups excluding carboxylic acids is 1. The number of carboxylic acids is 1. The first-order valence-electron chi connectivity index (χ1n) is 7.46. The van der Waals surface area contributed by atoms with Gasteiger partial charge in [0.1, 0.15) is 5.65 Å². The van der Waals surface area contributed by atoms with Crippen molar-refractivity contribution in [3.8, 4) is 0 Å². The maximum atomic E-state index is 11.5. The number of amides is 1. The molecule has 0 saturated carbocycles. The van der Waals surface area contributed by atoms with E-state index in [1.807, 2.05) is 13.0 Å². The Morgan fingerprint density at radius 2 is 2.00 bits per heavy atom. The van der Waals surface area contributed by atoms with Crippen molar-refractivity contribution in [1.82, 2.24) is 9.38 Å². The van der Waals surface area contributed by atoms with E-state index < -0.39 is 5.97 Å². The van der Waals surface area contributed by atoms with Gasteiger partial charge in [-0.05, 0) is 36.8 Å². The van der Waals surface area contributed by atoms with Gasteiger partial charge < -0.3 is 10.4 Å². The largest absolute Gasteiger partial charge is 0.476 e. The number of fused-ring (bicyclic) bond motifs is 1. The SMILES string of the molecule is CC(=O)Nc1cccc(N=Nc2c(C(=O)O)nc3c(C)cccn23)c1. The molecule has 0 saturated heterocycles. The fourth-order valence-electron chi connectivity index (χ4n) is 2.38. The molecule has 0 aliphatic rings. The molecule has 1 aromatic carbocycles. The highest BCUT2D eigenvalue weighted by atomic mass is 16.4. The van der Waals surface area contributed by atoms with Crippen LogP contribution in [0.15, 0.2) is 52.8 Å². The second-order valence-corrected chi connectivity index (χ2v) is 5.41. The molecule has 0 atom stereocenters. The summed E-state index contributed by atoms with van der Waals surface area (Å²) in [7, 11) is 0. The monoisotopic (exact) mass is 337 g/mol. The summed E-state index contributed by atoms with van der Waals surface area (Å²) in [5.74, 6) is -1.24. The van der Waals surface area contributed by atoms with Crippen LogP contribution < -0.4 is 5.32 Å². The van der Waals surface area contributed by atoms with E-state index in [9.17, 15) is 14.7 Å². The van der Waals surface area contributed by atoms with Crippen LogP contribution in [0.3, 0.4) is 0 Å². The number of azo groups is 1. The van der Waals surface area contributed by atoms with Gasteiger partial charge in [0, 0.05) is 18.8 Å². The predicted octanol–water partition coefficient (Wildman–Crippen LogP) is 3.71. The molecule has 0 fully saturated rings. The molecule has 8 nitrogen and oxygen atoms in total. The van der Waals surface area contributed by atoms with E-state index in [0.717, 1.165) is 5.56 Å². The average molecular weight is 337 g/mol. The van der Waals surface area contributed by atoms with Crippen molar-refractivity contribution < 1.29 is 14.7 Å². The number of aromatic carboxylic acids is 1. The highest BCUT2D eigenvalue weighted by Gasteiger charge is 2.19. The molecule has 0 aliphatic heterocycles. The number of carboxylic acid groups (broad SMARTS) is 1. The van der Waals surface area contributed by atoms with Gasteiger partial charge in [-0.15, -0.1) is 10.2 Å². The van der Waals surface area contributed by atoms with Crippen molar-refractivity contribution in [2.45, 2.75) is 13.8 Å². The molecule has 1 amide bonds. The number of nitrogens with one attached hydrogen (secondary N) is 1. The zero-order chi connectivity index (χ0) is 18.0. The number of imidazole rings is 1. The lowest BCUT2D eigenvalue weighted by Gasteiger charge is -2.02. The highest BCUT2D eigenvalue weighted by molar-refractivity contribution is 5.92. The molecule has 0 aliphatic carbocycles. The first kappa shape index (κ1) is 16.3. The third kappa shape index (κ3) is 3.37. The summed E-state index contributed by atoms with van der Waals surface area (Å²) in [4.78, 5) is 26.7. The number of carbonyl (C=O) groups is 2. The van der Waals surface area contributed by atoms with Crippen LogP contribution in [0.25, 0.3) is 5.65 Å². The Morgan fingerprint density at radius 3 is 2.72 bits per heavy atom. The van der Waals surface area contributed by atoms with Crippen molar-refractivity contribution in [3.05, 3.63) is 53.9 Å². The molecule has 3 rings (SSSR count). The molecule has 2 N–H and O–H groups in total. The molecule has 0 spiro atoms. The second kappa shape index (κ2) is 6.52. The van der Waals surface area contributed by atoms with Crippen molar-refractivity contribution in [3.63, 3.8) is 0 Å². The van der Waals surface area contributed by atoms with Crippen LogP contribution in [0, 0.1) is 6.92 Å². The second-order valence-electron chi connectivity index (χ2n) is 5.41.